The van der Waals surface area contributed by atoms with Crippen LogP contribution in [0.1, 0.15) is 140 Å². The zero-order chi connectivity index (χ0) is 68.6. The van der Waals surface area contributed by atoms with Crippen LogP contribution < -0.4 is 29.6 Å². The van der Waals surface area contributed by atoms with Crippen LogP contribution in [0.3, 0.4) is 0 Å². The number of para-hydroxylation sites is 2. The molecule has 2 aromatic rings. The first-order valence-corrected chi connectivity index (χ1v) is 31.2. The van der Waals surface area contributed by atoms with Gasteiger partial charge in [0.1, 0.15) is 24.6 Å². The van der Waals surface area contributed by atoms with E-state index in [0.717, 1.165) is 34.1 Å². The second-order valence-electron chi connectivity index (χ2n) is 23.7. The number of esters is 7. The average molecular weight is 1310 g/mol. The standard InChI is InChI=1S/C66H92N4O23/c1-37-35-45(31-34-71)59(62(82-13)49(76)36-55(79)83-38(2)21-15-14-16-24-50(37)90-56-30-29-48(69(9)10)39(3)84-56)93-66-63(92-54(78)28-20-33-68-65(81)47-23-18-26-52(87-42(6)73)61(47)89-44(8)75)57(70(11)12)58(40(4)85-66)91-53(77)27-19-32-67-64(80)46-22-17-25-51(86-41(5)72)60(46)88-43(7)74/h14-18,22-26,34,37-40,45,48-50,56-59,62-63,66,76H,19-21,27-33,35-36H2,1-13H3,(H,67,80)(H,68,81)/b15-14+,24-16+/t37-,38-,39-,40-,45+,48+,49-,50+,56+,57+,58-,59+,62+,63-,66+/m1/s1. The van der Waals surface area contributed by atoms with Gasteiger partial charge in [-0.2, -0.15) is 0 Å². The molecule has 15 atom stereocenters. The van der Waals surface area contributed by atoms with Gasteiger partial charge in [-0.25, -0.2) is 0 Å². The summed E-state index contributed by atoms with van der Waals surface area (Å²) in [7, 11) is 8.59. The lowest BCUT2D eigenvalue weighted by Crippen LogP contribution is -2.65. The van der Waals surface area contributed by atoms with E-state index in [1.165, 1.54) is 43.5 Å². The molecule has 0 radical (unpaired) electrons. The van der Waals surface area contributed by atoms with Crippen molar-refractivity contribution in [1.82, 2.24) is 20.4 Å². The molecule has 2 saturated heterocycles. The molecule has 3 heterocycles. The van der Waals surface area contributed by atoms with E-state index in [1.807, 2.05) is 52.2 Å². The third kappa shape index (κ3) is 23.5. The third-order valence-electron chi connectivity index (χ3n) is 15.7. The third-order valence-corrected chi connectivity index (χ3v) is 15.7. The number of aliphatic hydroxyl groups excluding tert-OH is 1. The summed E-state index contributed by atoms with van der Waals surface area (Å²) >= 11 is 0. The molecule has 514 valence electrons. The largest absolute Gasteiger partial charge is 0.462 e. The van der Waals surface area contributed by atoms with Crippen molar-refractivity contribution < 1.29 is 110 Å². The molecule has 0 aliphatic carbocycles. The first kappa shape index (κ1) is 76.2. The molecule has 2 aromatic carbocycles. The van der Waals surface area contributed by atoms with Crippen molar-refractivity contribution in [2.45, 2.75) is 199 Å². The van der Waals surface area contributed by atoms with Gasteiger partial charge in [0.2, 0.25) is 0 Å². The Morgan fingerprint density at radius 3 is 1.71 bits per heavy atom. The summed E-state index contributed by atoms with van der Waals surface area (Å²) in [6.45, 7) is 11.5. The van der Waals surface area contributed by atoms with E-state index in [4.69, 9.17) is 56.8 Å². The molecule has 0 bridgehead atoms. The van der Waals surface area contributed by atoms with E-state index < -0.39 is 139 Å². The van der Waals surface area contributed by atoms with Crippen LogP contribution in [0.25, 0.3) is 0 Å². The maximum Gasteiger partial charge on any atom is 0.308 e. The highest BCUT2D eigenvalue weighted by molar-refractivity contribution is 5.99. The minimum Gasteiger partial charge on any atom is -0.462 e. The second-order valence-corrected chi connectivity index (χ2v) is 23.7. The number of nitrogens with one attached hydrogen (secondary N) is 2. The first-order chi connectivity index (χ1) is 44.1. The molecular formula is C66H92N4O23. The summed E-state index contributed by atoms with van der Waals surface area (Å²) in [6.07, 6.45) is -2.91. The van der Waals surface area contributed by atoms with Gasteiger partial charge in [-0.05, 0) is 117 Å². The number of carbonyl (C=O) groups excluding carboxylic acids is 10. The van der Waals surface area contributed by atoms with E-state index in [-0.39, 0.29) is 97.9 Å². The van der Waals surface area contributed by atoms with Crippen LogP contribution in [0, 0.1) is 11.8 Å². The van der Waals surface area contributed by atoms with Crippen LogP contribution in [0.5, 0.6) is 23.0 Å². The molecular weight excluding hydrogens is 1220 g/mol. The summed E-state index contributed by atoms with van der Waals surface area (Å²) in [5, 5.41) is 17.4. The number of hydrogen-bond acceptors (Lipinski definition) is 25. The molecule has 0 unspecified atom stereocenters. The van der Waals surface area contributed by atoms with Crippen molar-refractivity contribution in [3.05, 3.63) is 71.8 Å². The van der Waals surface area contributed by atoms with E-state index in [1.54, 1.807) is 32.8 Å². The number of hydrogen-bond donors (Lipinski definition) is 3. The Hall–Kier alpha value is -7.50. The number of aliphatic hydroxyl groups is 1. The smallest absolute Gasteiger partial charge is 0.308 e. The molecule has 0 saturated carbocycles. The van der Waals surface area contributed by atoms with Gasteiger partial charge in [-0.15, -0.1) is 0 Å². The van der Waals surface area contributed by atoms with Crippen molar-refractivity contribution in [2.75, 3.05) is 48.4 Å². The number of nitrogens with zero attached hydrogens (tertiary/aromatic N) is 2. The Kier molecular flexibility index (Phi) is 30.7. The predicted molar refractivity (Wildman–Crippen MR) is 331 cm³/mol. The molecule has 2 amide bonds. The Morgan fingerprint density at radius 1 is 0.667 bits per heavy atom. The number of rotatable bonds is 25. The lowest BCUT2D eigenvalue weighted by Gasteiger charge is -2.48. The van der Waals surface area contributed by atoms with Gasteiger partial charge in [-0.3, -0.25) is 48.1 Å². The summed E-state index contributed by atoms with van der Waals surface area (Å²) in [5.41, 5.74) is -0.264. The molecule has 0 spiro atoms. The molecule has 93 heavy (non-hydrogen) atoms. The minimum absolute atomic E-state index is 0.0278. The highest BCUT2D eigenvalue weighted by Gasteiger charge is 2.52. The Labute approximate surface area is 542 Å². The highest BCUT2D eigenvalue weighted by atomic mass is 16.7. The summed E-state index contributed by atoms with van der Waals surface area (Å²) in [6, 6.07) is 7.34. The van der Waals surface area contributed by atoms with Crippen molar-refractivity contribution in [1.29, 1.82) is 0 Å². The number of aldehydes is 1. The van der Waals surface area contributed by atoms with Gasteiger partial charge in [0.15, 0.2) is 41.7 Å². The highest BCUT2D eigenvalue weighted by Crippen LogP contribution is 2.38. The van der Waals surface area contributed by atoms with Gasteiger partial charge in [-0.1, -0.05) is 43.4 Å². The molecule has 2 fully saturated rings. The lowest BCUT2D eigenvalue weighted by atomic mass is 9.82. The van der Waals surface area contributed by atoms with Gasteiger partial charge < -0.3 is 82.3 Å². The van der Waals surface area contributed by atoms with Crippen LogP contribution in [0.4, 0.5) is 0 Å². The van der Waals surface area contributed by atoms with Crippen molar-refractivity contribution >= 4 is 59.9 Å². The van der Waals surface area contributed by atoms with Crippen molar-refractivity contribution in [3.63, 3.8) is 0 Å². The molecule has 27 nitrogen and oxygen atoms in total. The van der Waals surface area contributed by atoms with Crippen LogP contribution >= 0.6 is 0 Å². The van der Waals surface area contributed by atoms with Crippen LogP contribution in [-0.4, -0.2) is 203 Å². The van der Waals surface area contributed by atoms with Gasteiger partial charge in [0, 0.05) is 79.6 Å². The number of carbonyl (C=O) groups is 10. The van der Waals surface area contributed by atoms with E-state index in [9.17, 15) is 53.1 Å². The average Bonchev–Trinajstić information content (AvgIpc) is 0.862. The summed E-state index contributed by atoms with van der Waals surface area (Å²) < 4.78 is 71.9. The monoisotopic (exact) mass is 1310 g/mol. The maximum atomic E-state index is 14.4. The van der Waals surface area contributed by atoms with Crippen molar-refractivity contribution in [3.8, 4) is 23.0 Å². The fourth-order valence-corrected chi connectivity index (χ4v) is 11.4. The zero-order valence-electron chi connectivity index (χ0n) is 55.3. The predicted octanol–water partition coefficient (Wildman–Crippen LogP) is 5.28. The topological polar surface area (TPSA) is 332 Å². The Balaban J connectivity index is 1.48. The molecule has 5 rings (SSSR count). The van der Waals surface area contributed by atoms with E-state index >= 15 is 0 Å². The van der Waals surface area contributed by atoms with Crippen LogP contribution in [-0.2, 0) is 76.3 Å². The number of amides is 2. The molecule has 3 aliphatic heterocycles. The Bertz CT molecular complexity index is 2950. The summed E-state index contributed by atoms with van der Waals surface area (Å²) in [5.74, 6) is -8.95. The number of ether oxygens (including phenoxy) is 12. The molecule has 3 aliphatic rings. The fourth-order valence-electron chi connectivity index (χ4n) is 11.4. The van der Waals surface area contributed by atoms with Gasteiger partial charge in [0.25, 0.3) is 11.8 Å². The first-order valence-electron chi connectivity index (χ1n) is 31.2. The van der Waals surface area contributed by atoms with Gasteiger partial charge in [0.05, 0.1) is 54.1 Å². The maximum absolute atomic E-state index is 14.4. The number of likely N-dealkylation sites (N-methyl/N-ethyl adjacent to an activating group) is 2. The number of cyclic esters (lactones) is 1. The second kappa shape index (κ2) is 37.4. The van der Waals surface area contributed by atoms with Crippen molar-refractivity contribution in [2.24, 2.45) is 11.8 Å². The van der Waals surface area contributed by atoms with E-state index in [2.05, 4.69) is 15.5 Å². The number of benzene rings is 2. The normalized spacial score (nSPS) is 27.7. The SMILES string of the molecule is CO[C@@H]1[C@@H](O[C@@H]2O[C@H](C)[C@@H](OC(=O)CCCNC(=O)c3cccc(OC(C)=O)c3OC(C)=O)[C@H](N(C)C)[C@H]2OC(=O)CCCNC(=O)c2cccc(OC(C)=O)c2OC(C)=O)[C@@H](CC=O)C[C@@H](C)[C@@H](O[C@H]2CC[C@H](N(C)C)[C@@H](C)O2)/C=C/C=C/C[C@@H](C)OC(=O)C[C@H]1O. The number of allylic oxidation sites excluding steroid dienone is 2. The van der Waals surface area contributed by atoms with E-state index in [0.29, 0.717) is 19.1 Å². The fraction of sp³-hybridized carbons (Fsp3) is 0.606. The number of methoxy groups -OCH3 is 1. The van der Waals surface area contributed by atoms with Crippen LogP contribution in [0.15, 0.2) is 60.7 Å². The molecule has 27 heteroatoms. The minimum atomic E-state index is -1.61. The zero-order valence-corrected chi connectivity index (χ0v) is 55.3. The Morgan fingerprint density at radius 2 is 1.22 bits per heavy atom. The lowest BCUT2D eigenvalue weighted by molar-refractivity contribution is -0.313. The molecule has 3 N–H and O–H groups in total. The quantitative estimate of drug-likeness (QED) is 0.0374. The van der Waals surface area contributed by atoms with Gasteiger partial charge >= 0.3 is 41.8 Å². The van der Waals surface area contributed by atoms with Crippen LogP contribution in [0.2, 0.25) is 0 Å². The summed E-state index contributed by atoms with van der Waals surface area (Å²) in [4.78, 5) is 133. The molecule has 0 aromatic heterocycles.